The fourth-order valence-corrected chi connectivity index (χ4v) is 3.96. The van der Waals surface area contributed by atoms with Crippen molar-refractivity contribution in [3.05, 3.63) is 24.3 Å². The fourth-order valence-electron chi connectivity index (χ4n) is 3.96. The van der Waals surface area contributed by atoms with Crippen LogP contribution in [0.5, 0.6) is 0 Å². The Morgan fingerprint density at radius 1 is 0.654 bits per heavy atom. The summed E-state index contributed by atoms with van der Waals surface area (Å²) in [5, 5.41) is 0. The first kappa shape index (κ1) is 17.5. The zero-order valence-corrected chi connectivity index (χ0v) is 16.1. The Hall–Kier alpha value is -1.92. The van der Waals surface area contributed by atoms with E-state index in [1.54, 1.807) is 0 Å². The number of fused-ring (bicyclic) bond motifs is 1. The Balaban J connectivity index is 1.66. The van der Waals surface area contributed by atoms with E-state index in [1.165, 1.54) is 0 Å². The Kier molecular flexibility index (Phi) is 5.22. The third-order valence-corrected chi connectivity index (χ3v) is 5.77. The quantitative estimate of drug-likeness (QED) is 0.835. The van der Waals surface area contributed by atoms with Gasteiger partial charge in [-0.2, -0.15) is 0 Å². The van der Waals surface area contributed by atoms with Crippen molar-refractivity contribution in [2.24, 2.45) is 0 Å². The summed E-state index contributed by atoms with van der Waals surface area (Å²) in [6, 6.07) is 8.25. The van der Waals surface area contributed by atoms with Gasteiger partial charge in [0.1, 0.15) is 0 Å². The van der Waals surface area contributed by atoms with Crippen LogP contribution in [-0.2, 0) is 0 Å². The maximum absolute atomic E-state index is 5.05. The molecule has 0 N–H and O–H groups in total. The van der Waals surface area contributed by atoms with Crippen molar-refractivity contribution in [1.29, 1.82) is 0 Å². The summed E-state index contributed by atoms with van der Waals surface area (Å²) in [5.41, 5.74) is 1.99. The van der Waals surface area contributed by atoms with Crippen molar-refractivity contribution >= 4 is 22.7 Å². The van der Waals surface area contributed by atoms with Gasteiger partial charge in [0.15, 0.2) is 11.6 Å². The highest BCUT2D eigenvalue weighted by molar-refractivity contribution is 5.81. The van der Waals surface area contributed by atoms with Crippen LogP contribution in [0.3, 0.4) is 0 Å². The Morgan fingerprint density at radius 2 is 1.04 bits per heavy atom. The van der Waals surface area contributed by atoms with E-state index in [4.69, 9.17) is 9.97 Å². The second-order valence-corrected chi connectivity index (χ2v) is 7.20. The summed E-state index contributed by atoms with van der Waals surface area (Å²) in [7, 11) is 0. The molecule has 2 aliphatic heterocycles. The third kappa shape index (κ3) is 3.48. The molecule has 0 radical (unpaired) electrons. The molecular formula is C20H30N6. The van der Waals surface area contributed by atoms with Crippen LogP contribution in [-0.4, -0.2) is 85.2 Å². The van der Waals surface area contributed by atoms with Gasteiger partial charge in [-0.05, 0) is 25.2 Å². The largest absolute Gasteiger partial charge is 0.351 e. The molecule has 1 aromatic carbocycles. The molecule has 26 heavy (non-hydrogen) atoms. The van der Waals surface area contributed by atoms with Gasteiger partial charge in [-0.25, -0.2) is 9.97 Å². The first-order valence-corrected chi connectivity index (χ1v) is 10.00. The number of aromatic nitrogens is 2. The van der Waals surface area contributed by atoms with Gasteiger partial charge < -0.3 is 19.6 Å². The fraction of sp³-hybridized carbons (Fsp3) is 0.600. The van der Waals surface area contributed by atoms with Gasteiger partial charge in [0.05, 0.1) is 11.0 Å². The highest BCUT2D eigenvalue weighted by atomic mass is 15.3. The number of hydrogen-bond donors (Lipinski definition) is 0. The second kappa shape index (κ2) is 7.76. The molecule has 2 fully saturated rings. The molecule has 0 spiro atoms. The molecule has 6 heteroatoms. The van der Waals surface area contributed by atoms with Crippen molar-refractivity contribution in [3.8, 4) is 0 Å². The lowest BCUT2D eigenvalue weighted by molar-refractivity contribution is 0.267. The van der Waals surface area contributed by atoms with E-state index in [2.05, 4.69) is 57.7 Å². The summed E-state index contributed by atoms with van der Waals surface area (Å²) in [5.74, 6) is 2.15. The van der Waals surface area contributed by atoms with Gasteiger partial charge in [-0.15, -0.1) is 0 Å². The summed E-state index contributed by atoms with van der Waals surface area (Å²) >= 11 is 0. The lowest BCUT2D eigenvalue weighted by Gasteiger charge is -2.39. The number of hydrogen-bond acceptors (Lipinski definition) is 6. The van der Waals surface area contributed by atoms with Crippen LogP contribution in [0.1, 0.15) is 13.8 Å². The zero-order chi connectivity index (χ0) is 17.9. The molecule has 0 amide bonds. The smallest absolute Gasteiger partial charge is 0.172 e. The highest BCUT2D eigenvalue weighted by Gasteiger charge is 2.26. The van der Waals surface area contributed by atoms with E-state index in [9.17, 15) is 0 Å². The number of nitrogens with zero attached hydrogens (tertiary/aromatic N) is 6. The minimum absolute atomic E-state index is 0.997. The van der Waals surface area contributed by atoms with Gasteiger partial charge >= 0.3 is 0 Å². The molecule has 0 atom stereocenters. The molecule has 1 aromatic heterocycles. The molecule has 6 nitrogen and oxygen atoms in total. The number of para-hydroxylation sites is 2. The molecule has 3 heterocycles. The number of likely N-dealkylation sites (N-methyl/N-ethyl adjacent to an activating group) is 2. The van der Waals surface area contributed by atoms with Crippen LogP contribution in [0.25, 0.3) is 11.0 Å². The molecule has 0 aliphatic carbocycles. The van der Waals surface area contributed by atoms with Gasteiger partial charge in [0.25, 0.3) is 0 Å². The van der Waals surface area contributed by atoms with E-state index >= 15 is 0 Å². The Bertz CT molecular complexity index is 670. The van der Waals surface area contributed by atoms with Gasteiger partial charge in [-0.1, -0.05) is 26.0 Å². The lowest BCUT2D eigenvalue weighted by Crippen LogP contribution is -2.49. The molecule has 2 aliphatic rings. The Morgan fingerprint density at radius 3 is 1.38 bits per heavy atom. The van der Waals surface area contributed by atoms with Crippen LogP contribution in [0.2, 0.25) is 0 Å². The van der Waals surface area contributed by atoms with Crippen LogP contribution < -0.4 is 9.80 Å². The number of piperazine rings is 2. The van der Waals surface area contributed by atoms with Crippen molar-refractivity contribution < 1.29 is 0 Å². The van der Waals surface area contributed by atoms with Gasteiger partial charge in [0, 0.05) is 52.4 Å². The summed E-state index contributed by atoms with van der Waals surface area (Å²) in [4.78, 5) is 20.0. The molecular weight excluding hydrogens is 324 g/mol. The van der Waals surface area contributed by atoms with E-state index in [0.717, 1.165) is 88.1 Å². The maximum Gasteiger partial charge on any atom is 0.172 e. The summed E-state index contributed by atoms with van der Waals surface area (Å²) in [6.45, 7) is 15.3. The summed E-state index contributed by atoms with van der Waals surface area (Å²) < 4.78 is 0. The van der Waals surface area contributed by atoms with E-state index in [-0.39, 0.29) is 0 Å². The Labute approximate surface area is 156 Å². The normalized spacial score (nSPS) is 20.1. The van der Waals surface area contributed by atoms with E-state index in [0.29, 0.717) is 0 Å². The zero-order valence-electron chi connectivity index (χ0n) is 16.1. The molecule has 2 aromatic rings. The van der Waals surface area contributed by atoms with E-state index in [1.807, 2.05) is 0 Å². The summed E-state index contributed by atoms with van der Waals surface area (Å²) in [6.07, 6.45) is 0. The average molecular weight is 355 g/mol. The topological polar surface area (TPSA) is 38.7 Å². The minimum Gasteiger partial charge on any atom is -0.351 e. The second-order valence-electron chi connectivity index (χ2n) is 7.20. The average Bonchev–Trinajstić information content (AvgIpc) is 2.73. The monoisotopic (exact) mass is 354 g/mol. The predicted octanol–water partition coefficient (Wildman–Crippen LogP) is 1.91. The first-order valence-electron chi connectivity index (χ1n) is 10.00. The van der Waals surface area contributed by atoms with Crippen LogP contribution in [0.4, 0.5) is 11.6 Å². The van der Waals surface area contributed by atoms with E-state index < -0.39 is 0 Å². The molecule has 4 rings (SSSR count). The molecule has 0 unspecified atom stereocenters. The van der Waals surface area contributed by atoms with Crippen molar-refractivity contribution in [1.82, 2.24) is 19.8 Å². The van der Waals surface area contributed by atoms with Crippen molar-refractivity contribution in [2.45, 2.75) is 13.8 Å². The van der Waals surface area contributed by atoms with Crippen LogP contribution in [0, 0.1) is 0 Å². The van der Waals surface area contributed by atoms with Crippen molar-refractivity contribution in [3.63, 3.8) is 0 Å². The van der Waals surface area contributed by atoms with Crippen molar-refractivity contribution in [2.75, 3.05) is 75.2 Å². The predicted molar refractivity (Wildman–Crippen MR) is 108 cm³/mol. The highest BCUT2D eigenvalue weighted by Crippen LogP contribution is 2.29. The first-order chi connectivity index (χ1) is 12.8. The standard InChI is InChI=1S/C20H30N6/c1-3-23-9-13-25(14-10-23)19-20(26-15-11-24(4-2)12-16-26)22-18-8-6-5-7-17(18)21-19/h5-8H,3-4,9-16H2,1-2H3. The number of anilines is 2. The van der Waals surface area contributed by atoms with Gasteiger partial charge in [-0.3, -0.25) is 0 Å². The molecule has 2 saturated heterocycles. The third-order valence-electron chi connectivity index (χ3n) is 5.77. The van der Waals surface area contributed by atoms with Gasteiger partial charge in [0.2, 0.25) is 0 Å². The number of benzene rings is 1. The number of rotatable bonds is 4. The molecule has 140 valence electrons. The maximum atomic E-state index is 5.05. The van der Waals surface area contributed by atoms with Crippen LogP contribution in [0.15, 0.2) is 24.3 Å². The lowest BCUT2D eigenvalue weighted by atomic mass is 10.2. The van der Waals surface area contributed by atoms with Crippen LogP contribution >= 0.6 is 0 Å². The SMILES string of the molecule is CCN1CCN(c2nc3ccccc3nc2N2CCN(CC)CC2)CC1. The minimum atomic E-state index is 0.997. The molecule has 0 saturated carbocycles. The molecule has 0 bridgehead atoms.